The zero-order valence-electron chi connectivity index (χ0n) is 17.3. The van der Waals surface area contributed by atoms with Crippen LogP contribution in [0.3, 0.4) is 0 Å². The number of carbonyl (C=O) groups is 2. The Morgan fingerprint density at radius 3 is 2.35 bits per heavy atom. The molecular formula is C21H27Cl3N4O3. The van der Waals surface area contributed by atoms with E-state index < -0.39 is 0 Å². The first-order valence-corrected chi connectivity index (χ1v) is 9.23. The molecule has 2 aromatic carbocycles. The van der Waals surface area contributed by atoms with Gasteiger partial charge in [-0.1, -0.05) is 30.3 Å². The largest absolute Gasteiger partial charge is 0.464 e. The molecule has 3 rings (SSSR count). The highest BCUT2D eigenvalue weighted by molar-refractivity contribution is 6.14. The summed E-state index contributed by atoms with van der Waals surface area (Å²) in [4.78, 5) is 28.3. The highest BCUT2D eigenvalue weighted by Crippen LogP contribution is 2.32. The van der Waals surface area contributed by atoms with Crippen LogP contribution in [0.4, 0.5) is 5.69 Å². The normalized spacial score (nSPS) is 9.74. The van der Waals surface area contributed by atoms with E-state index in [0.29, 0.717) is 11.1 Å². The maximum atomic E-state index is 12.7. The molecule has 0 saturated carbocycles. The van der Waals surface area contributed by atoms with Gasteiger partial charge in [-0.15, -0.1) is 37.2 Å². The summed E-state index contributed by atoms with van der Waals surface area (Å²) in [6.45, 7) is 3.28. The van der Waals surface area contributed by atoms with Crippen molar-refractivity contribution in [1.29, 1.82) is 0 Å². The summed E-state index contributed by atoms with van der Waals surface area (Å²) in [7, 11) is 1.91. The van der Waals surface area contributed by atoms with Crippen LogP contribution in [0.2, 0.25) is 0 Å². The standard InChI is InChI=1S/C21H24N4O3.3ClH/c1-14(26)28-13-12-24-21(27)17-8-5-7-16-19(23-11-10-22-2)15-6-3-4-9-18(15)25-20(16)17;;;/h3-9,22H,10-13H2,1-2H3,(H,23,25)(H,24,27);3*1H. The number of hydrogen-bond acceptors (Lipinski definition) is 6. The van der Waals surface area contributed by atoms with Crippen LogP contribution in [-0.4, -0.2) is 50.1 Å². The number of halogens is 3. The minimum atomic E-state index is -0.371. The third kappa shape index (κ3) is 7.11. The van der Waals surface area contributed by atoms with Crippen LogP contribution in [0.25, 0.3) is 21.8 Å². The van der Waals surface area contributed by atoms with E-state index in [9.17, 15) is 9.59 Å². The van der Waals surface area contributed by atoms with Crippen molar-refractivity contribution in [3.05, 3.63) is 48.0 Å². The third-order valence-electron chi connectivity index (χ3n) is 4.33. The van der Waals surface area contributed by atoms with Gasteiger partial charge in [0.15, 0.2) is 0 Å². The van der Waals surface area contributed by atoms with Gasteiger partial charge in [-0.3, -0.25) is 9.59 Å². The molecule has 1 aromatic heterocycles. The molecule has 0 aliphatic heterocycles. The van der Waals surface area contributed by atoms with Gasteiger partial charge in [-0.05, 0) is 19.2 Å². The molecule has 0 aliphatic rings. The molecule has 10 heteroatoms. The first-order valence-electron chi connectivity index (χ1n) is 9.23. The molecule has 0 fully saturated rings. The number of nitrogens with zero attached hydrogens (tertiary/aromatic N) is 1. The van der Waals surface area contributed by atoms with E-state index in [0.717, 1.165) is 35.1 Å². The molecule has 0 saturated heterocycles. The molecule has 0 atom stereocenters. The van der Waals surface area contributed by atoms with Crippen molar-refractivity contribution in [3.8, 4) is 0 Å². The molecule has 0 unspecified atom stereocenters. The van der Waals surface area contributed by atoms with E-state index in [2.05, 4.69) is 16.0 Å². The van der Waals surface area contributed by atoms with Gasteiger partial charge in [0.2, 0.25) is 0 Å². The quantitative estimate of drug-likeness (QED) is 0.254. The zero-order valence-corrected chi connectivity index (χ0v) is 19.7. The summed E-state index contributed by atoms with van der Waals surface area (Å²) in [6, 6.07) is 13.4. The Labute approximate surface area is 199 Å². The lowest BCUT2D eigenvalue weighted by atomic mass is 10.0. The molecule has 0 bridgehead atoms. The van der Waals surface area contributed by atoms with E-state index in [1.54, 1.807) is 6.07 Å². The smallest absolute Gasteiger partial charge is 0.302 e. The number of carbonyl (C=O) groups excluding carboxylic acids is 2. The van der Waals surface area contributed by atoms with Crippen molar-refractivity contribution in [1.82, 2.24) is 15.6 Å². The molecular weight excluding hydrogens is 463 g/mol. The number of anilines is 1. The summed E-state index contributed by atoms with van der Waals surface area (Å²) in [5.74, 6) is -0.619. The molecule has 1 heterocycles. The summed E-state index contributed by atoms with van der Waals surface area (Å²) in [5.41, 5.74) is 2.91. The van der Waals surface area contributed by atoms with Gasteiger partial charge >= 0.3 is 5.97 Å². The number of pyridine rings is 1. The first kappa shape index (κ1) is 28.7. The fourth-order valence-corrected chi connectivity index (χ4v) is 3.05. The number of rotatable bonds is 8. The van der Waals surface area contributed by atoms with Crippen molar-refractivity contribution in [3.63, 3.8) is 0 Å². The average molecular weight is 490 g/mol. The number of nitrogens with one attached hydrogen (secondary N) is 3. The van der Waals surface area contributed by atoms with E-state index >= 15 is 0 Å². The summed E-state index contributed by atoms with van der Waals surface area (Å²) in [6.07, 6.45) is 0. The van der Waals surface area contributed by atoms with Crippen molar-refractivity contribution in [2.24, 2.45) is 0 Å². The fourth-order valence-electron chi connectivity index (χ4n) is 3.05. The van der Waals surface area contributed by atoms with E-state index in [4.69, 9.17) is 9.72 Å². The van der Waals surface area contributed by atoms with Gasteiger partial charge < -0.3 is 20.7 Å². The number of amides is 1. The Hall–Kier alpha value is -2.32. The van der Waals surface area contributed by atoms with Crippen LogP contribution in [0.15, 0.2) is 42.5 Å². The second kappa shape index (κ2) is 13.9. The predicted octanol–water partition coefficient (Wildman–Crippen LogP) is 3.58. The Kier molecular flexibility index (Phi) is 12.8. The Balaban J connectivity index is 0.00000300. The Morgan fingerprint density at radius 1 is 0.935 bits per heavy atom. The second-order valence-corrected chi connectivity index (χ2v) is 6.33. The molecule has 0 spiro atoms. The molecule has 31 heavy (non-hydrogen) atoms. The number of benzene rings is 2. The molecule has 3 aromatic rings. The lowest BCUT2D eigenvalue weighted by Crippen LogP contribution is -2.28. The molecule has 170 valence electrons. The first-order chi connectivity index (χ1) is 13.6. The zero-order chi connectivity index (χ0) is 19.9. The van der Waals surface area contributed by atoms with Crippen molar-refractivity contribution in [2.45, 2.75) is 6.92 Å². The molecule has 0 aliphatic carbocycles. The van der Waals surface area contributed by atoms with Gasteiger partial charge in [-0.25, -0.2) is 4.98 Å². The number of hydrogen-bond donors (Lipinski definition) is 3. The maximum absolute atomic E-state index is 12.7. The van der Waals surface area contributed by atoms with Gasteiger partial charge in [0.1, 0.15) is 6.61 Å². The van der Waals surface area contributed by atoms with Crippen LogP contribution in [-0.2, 0) is 9.53 Å². The van der Waals surface area contributed by atoms with Crippen LogP contribution in [0.1, 0.15) is 17.3 Å². The number of ether oxygens (including phenoxy) is 1. The topological polar surface area (TPSA) is 92.3 Å². The Morgan fingerprint density at radius 2 is 1.65 bits per heavy atom. The lowest BCUT2D eigenvalue weighted by Gasteiger charge is -2.15. The summed E-state index contributed by atoms with van der Waals surface area (Å²) >= 11 is 0. The maximum Gasteiger partial charge on any atom is 0.302 e. The molecule has 1 amide bonds. The van der Waals surface area contributed by atoms with Gasteiger partial charge in [0.05, 0.1) is 28.8 Å². The van der Waals surface area contributed by atoms with Crippen LogP contribution in [0.5, 0.6) is 0 Å². The monoisotopic (exact) mass is 488 g/mol. The number of para-hydroxylation sites is 2. The minimum Gasteiger partial charge on any atom is -0.464 e. The minimum absolute atomic E-state index is 0. The van der Waals surface area contributed by atoms with Gasteiger partial charge in [0.25, 0.3) is 5.91 Å². The van der Waals surface area contributed by atoms with Crippen molar-refractivity contribution < 1.29 is 14.3 Å². The molecule has 7 nitrogen and oxygen atoms in total. The Bertz CT molecular complexity index is 1020. The van der Waals surface area contributed by atoms with Crippen LogP contribution < -0.4 is 16.0 Å². The van der Waals surface area contributed by atoms with Crippen LogP contribution in [0, 0.1) is 0 Å². The second-order valence-electron chi connectivity index (χ2n) is 6.33. The van der Waals surface area contributed by atoms with Gasteiger partial charge in [-0.2, -0.15) is 0 Å². The molecule has 3 N–H and O–H groups in total. The number of likely N-dealkylation sites (N-methyl/N-ethyl adjacent to an activating group) is 1. The average Bonchev–Trinajstić information content (AvgIpc) is 2.70. The van der Waals surface area contributed by atoms with Crippen molar-refractivity contribution in [2.75, 3.05) is 38.6 Å². The van der Waals surface area contributed by atoms with E-state index in [1.165, 1.54) is 6.92 Å². The van der Waals surface area contributed by atoms with E-state index in [1.807, 2.05) is 43.4 Å². The SMILES string of the molecule is CNCCNc1c2ccccc2nc2c(C(=O)NCCOC(C)=O)cccc12.Cl.Cl.Cl. The number of fused-ring (bicyclic) bond motifs is 2. The third-order valence-corrected chi connectivity index (χ3v) is 4.33. The highest BCUT2D eigenvalue weighted by Gasteiger charge is 2.15. The van der Waals surface area contributed by atoms with Gasteiger partial charge in [0, 0.05) is 30.8 Å². The van der Waals surface area contributed by atoms with Crippen molar-refractivity contribution >= 4 is 76.6 Å². The van der Waals surface area contributed by atoms with Crippen LogP contribution >= 0.6 is 37.2 Å². The van der Waals surface area contributed by atoms with E-state index in [-0.39, 0.29) is 62.2 Å². The number of aromatic nitrogens is 1. The fraction of sp³-hybridized carbons (Fsp3) is 0.286. The molecule has 0 radical (unpaired) electrons. The predicted molar refractivity (Wildman–Crippen MR) is 132 cm³/mol. The highest BCUT2D eigenvalue weighted by atomic mass is 35.5. The lowest BCUT2D eigenvalue weighted by molar-refractivity contribution is -0.140. The summed E-state index contributed by atoms with van der Waals surface area (Å²) < 4.78 is 4.86. The summed E-state index contributed by atoms with van der Waals surface area (Å²) in [5, 5.41) is 11.3. The number of esters is 1.